The molecule has 0 aliphatic carbocycles. The maximum Gasteiger partial charge on any atom is 0.313 e. The first kappa shape index (κ1) is 22.3. The zero-order valence-electron chi connectivity index (χ0n) is 16.1. The fourth-order valence-corrected chi connectivity index (χ4v) is 7.31. The Morgan fingerprint density at radius 2 is 2.17 bits per heavy atom. The van der Waals surface area contributed by atoms with Gasteiger partial charge in [-0.3, -0.25) is 9.59 Å². The number of β-lactam (4-membered cyclic amide) rings is 1. The minimum atomic E-state index is -3.71. The van der Waals surface area contributed by atoms with Gasteiger partial charge in [-0.05, 0) is 31.2 Å². The highest BCUT2D eigenvalue weighted by Gasteiger charge is 2.55. The molecule has 3 rings (SSSR count). The van der Waals surface area contributed by atoms with Gasteiger partial charge in [-0.25, -0.2) is 17.8 Å². The third kappa shape index (κ3) is 4.68. The summed E-state index contributed by atoms with van der Waals surface area (Å²) in [5.41, 5.74) is 3.89. The monoisotopic (exact) mass is 465 g/mol. The van der Waals surface area contributed by atoms with Crippen molar-refractivity contribution in [1.82, 2.24) is 29.8 Å². The van der Waals surface area contributed by atoms with Crippen molar-refractivity contribution in [2.75, 3.05) is 18.1 Å². The molecule has 2 unspecified atom stereocenters. The number of carboxylic acid groups (broad SMARTS) is 1. The van der Waals surface area contributed by atoms with Crippen molar-refractivity contribution >= 4 is 45.4 Å². The van der Waals surface area contributed by atoms with E-state index in [1.54, 1.807) is 20.8 Å². The number of thioether (sulfide) groups is 2. The molecule has 3 atom stereocenters. The molecule has 0 bridgehead atoms. The van der Waals surface area contributed by atoms with Crippen LogP contribution >= 0.6 is 23.5 Å². The number of fused-ring (bicyclic) bond motifs is 1. The topological polar surface area (TPSA) is 173 Å². The second-order valence-electron chi connectivity index (χ2n) is 8.12. The van der Waals surface area contributed by atoms with Gasteiger partial charge in [0.25, 0.3) is 0 Å². The van der Waals surface area contributed by atoms with E-state index in [1.807, 2.05) is 0 Å². The minimum Gasteiger partial charge on any atom is -0.481 e. The van der Waals surface area contributed by atoms with Crippen molar-refractivity contribution in [2.45, 2.75) is 48.8 Å². The number of carboxylic acids is 1. The summed E-state index contributed by atoms with van der Waals surface area (Å²) in [6.07, 6.45) is 0. The SMILES string of the molecule is CC(C)(C)NS(=O)(=O)Cn1nnnc1SCC1(C(=O)O)CS[C@@H]2C(N)C(=O)N2C1. The largest absolute Gasteiger partial charge is 0.481 e. The van der Waals surface area contributed by atoms with Crippen LogP contribution in [0.1, 0.15) is 20.8 Å². The van der Waals surface area contributed by atoms with Crippen LogP contribution in [0.15, 0.2) is 5.16 Å². The second kappa shape index (κ2) is 7.68. The lowest BCUT2D eigenvalue weighted by Gasteiger charge is -2.52. The molecular formula is C14H23N7O5S3. The van der Waals surface area contributed by atoms with Gasteiger partial charge in [-0.15, -0.1) is 16.9 Å². The van der Waals surface area contributed by atoms with E-state index in [9.17, 15) is 23.1 Å². The van der Waals surface area contributed by atoms with Gasteiger partial charge in [-0.1, -0.05) is 11.8 Å². The molecule has 2 fully saturated rings. The molecule has 162 valence electrons. The standard InChI is InChI=1S/C14H23N7O5S3/c1-13(2,3)17-29(25,26)7-21-12(16-18-19-21)28-6-14(11(23)24)4-20-9(22)8(15)10(20)27-5-14/h8,10,17H,4-7,15H2,1-3H3,(H,23,24)/t8?,10-,14?/m1/s1. The zero-order chi connectivity index (χ0) is 21.6. The average Bonchev–Trinajstić information content (AvgIpc) is 3.02. The number of hydrogen-bond donors (Lipinski definition) is 3. The number of rotatable bonds is 7. The van der Waals surface area contributed by atoms with Gasteiger partial charge >= 0.3 is 5.97 Å². The van der Waals surface area contributed by atoms with Crippen LogP contribution in [0.4, 0.5) is 0 Å². The molecule has 0 spiro atoms. The molecule has 1 aromatic heterocycles. The third-order valence-corrected chi connectivity index (χ3v) is 8.73. The number of aliphatic carboxylic acids is 1. The van der Waals surface area contributed by atoms with E-state index in [4.69, 9.17) is 5.73 Å². The number of nitrogens with zero attached hydrogens (tertiary/aromatic N) is 5. The average molecular weight is 466 g/mol. The molecule has 2 aliphatic heterocycles. The van der Waals surface area contributed by atoms with E-state index in [0.29, 0.717) is 0 Å². The number of tetrazole rings is 1. The highest BCUT2D eigenvalue weighted by molar-refractivity contribution is 8.00. The number of sulfonamides is 1. The minimum absolute atomic E-state index is 0.0466. The number of nitrogens with one attached hydrogen (secondary N) is 1. The molecule has 1 aromatic rings. The zero-order valence-corrected chi connectivity index (χ0v) is 18.6. The van der Waals surface area contributed by atoms with Crippen LogP contribution in [0.5, 0.6) is 0 Å². The fraction of sp³-hybridized carbons (Fsp3) is 0.786. The fourth-order valence-electron chi connectivity index (χ4n) is 3.05. The van der Waals surface area contributed by atoms with Crippen LogP contribution in [-0.2, 0) is 25.5 Å². The van der Waals surface area contributed by atoms with Crippen molar-refractivity contribution in [2.24, 2.45) is 11.1 Å². The molecule has 12 nitrogen and oxygen atoms in total. The van der Waals surface area contributed by atoms with E-state index < -0.39 is 38.9 Å². The Hall–Kier alpha value is -1.42. The molecule has 2 aliphatic rings. The van der Waals surface area contributed by atoms with Crippen LogP contribution in [0, 0.1) is 5.41 Å². The van der Waals surface area contributed by atoms with Crippen molar-refractivity contribution in [3.63, 3.8) is 0 Å². The smallest absolute Gasteiger partial charge is 0.313 e. The maximum atomic E-state index is 12.3. The number of carbonyl (C=O) groups excluding carboxylic acids is 1. The van der Waals surface area contributed by atoms with Gasteiger partial charge in [0.1, 0.15) is 16.8 Å². The van der Waals surface area contributed by atoms with Crippen LogP contribution < -0.4 is 10.5 Å². The maximum absolute atomic E-state index is 12.3. The van der Waals surface area contributed by atoms with Crippen molar-refractivity contribution in [3.8, 4) is 0 Å². The van der Waals surface area contributed by atoms with Gasteiger partial charge in [-0.2, -0.15) is 0 Å². The van der Waals surface area contributed by atoms with E-state index in [1.165, 1.54) is 16.7 Å². The summed E-state index contributed by atoms with van der Waals surface area (Å²) in [5, 5.41) is 20.8. The lowest BCUT2D eigenvalue weighted by molar-refractivity contribution is -0.155. The molecule has 15 heteroatoms. The molecule has 0 aromatic carbocycles. The number of aromatic nitrogens is 4. The highest BCUT2D eigenvalue weighted by Crippen LogP contribution is 2.43. The summed E-state index contributed by atoms with van der Waals surface area (Å²) in [7, 11) is -3.71. The first-order valence-electron chi connectivity index (χ1n) is 8.65. The Labute approximate surface area is 176 Å². The second-order valence-corrected chi connectivity index (χ2v) is 11.9. The Morgan fingerprint density at radius 3 is 2.79 bits per heavy atom. The molecule has 1 amide bonds. The van der Waals surface area contributed by atoms with Crippen LogP contribution in [0.2, 0.25) is 0 Å². The molecule has 0 radical (unpaired) electrons. The van der Waals surface area contributed by atoms with E-state index in [-0.39, 0.29) is 34.5 Å². The Morgan fingerprint density at radius 1 is 1.48 bits per heavy atom. The predicted molar refractivity (Wildman–Crippen MR) is 106 cm³/mol. The first-order chi connectivity index (χ1) is 13.3. The summed E-state index contributed by atoms with van der Waals surface area (Å²) in [4.78, 5) is 25.4. The Bertz CT molecular complexity index is 915. The van der Waals surface area contributed by atoms with E-state index in [2.05, 4.69) is 20.2 Å². The summed E-state index contributed by atoms with van der Waals surface area (Å²) in [6.45, 7) is 5.19. The summed E-state index contributed by atoms with van der Waals surface area (Å²) in [5.74, 6) is -1.43. The first-order valence-corrected chi connectivity index (χ1v) is 12.3. The molecule has 2 saturated heterocycles. The number of nitrogens with two attached hydrogens (primary N) is 1. The quantitative estimate of drug-likeness (QED) is 0.324. The normalized spacial score (nSPS) is 27.4. The van der Waals surface area contributed by atoms with Crippen LogP contribution in [0.25, 0.3) is 0 Å². The summed E-state index contributed by atoms with van der Waals surface area (Å²) in [6, 6.07) is -0.590. The predicted octanol–water partition coefficient (Wildman–Crippen LogP) is -1.25. The molecular weight excluding hydrogens is 442 g/mol. The Balaban J connectivity index is 1.70. The van der Waals surface area contributed by atoms with Gasteiger partial charge in [0.15, 0.2) is 5.88 Å². The van der Waals surface area contributed by atoms with Crippen molar-refractivity contribution < 1.29 is 23.1 Å². The third-order valence-electron chi connectivity index (χ3n) is 4.37. The van der Waals surface area contributed by atoms with Gasteiger partial charge in [0.2, 0.25) is 21.1 Å². The van der Waals surface area contributed by atoms with Gasteiger partial charge < -0.3 is 15.7 Å². The van der Waals surface area contributed by atoms with Gasteiger partial charge in [0.05, 0.1) is 0 Å². The lowest BCUT2D eigenvalue weighted by atomic mass is 9.89. The van der Waals surface area contributed by atoms with Crippen LogP contribution in [-0.4, -0.2) is 85.5 Å². The number of amides is 1. The highest BCUT2D eigenvalue weighted by atomic mass is 32.2. The van der Waals surface area contributed by atoms with E-state index >= 15 is 0 Å². The van der Waals surface area contributed by atoms with Gasteiger partial charge in [0, 0.05) is 23.6 Å². The van der Waals surface area contributed by atoms with Crippen LogP contribution in [0.3, 0.4) is 0 Å². The molecule has 29 heavy (non-hydrogen) atoms. The summed E-state index contributed by atoms with van der Waals surface area (Å²) >= 11 is 2.39. The Kier molecular flexibility index (Phi) is 5.90. The molecule has 0 saturated carbocycles. The molecule has 4 N–H and O–H groups in total. The molecule has 3 heterocycles. The van der Waals surface area contributed by atoms with E-state index in [0.717, 1.165) is 16.4 Å². The van der Waals surface area contributed by atoms with Crippen molar-refractivity contribution in [3.05, 3.63) is 0 Å². The van der Waals surface area contributed by atoms with Crippen molar-refractivity contribution in [1.29, 1.82) is 0 Å². The summed E-state index contributed by atoms with van der Waals surface area (Å²) < 4.78 is 28.2. The lowest BCUT2D eigenvalue weighted by Crippen LogP contribution is -2.72. The number of hydrogen-bond acceptors (Lipinski definition) is 10. The number of carbonyl (C=O) groups is 2.